The maximum absolute atomic E-state index is 13.9. The molecule has 1 fully saturated rings. The van der Waals surface area contributed by atoms with Gasteiger partial charge in [0, 0.05) is 33.2 Å². The Morgan fingerprint density at radius 2 is 1.88 bits per heavy atom. The summed E-state index contributed by atoms with van der Waals surface area (Å²) in [6.45, 7) is 1.98. The molecule has 6 heteroatoms. The van der Waals surface area contributed by atoms with Gasteiger partial charge in [0.05, 0.1) is 0 Å². The number of anilines is 1. The van der Waals surface area contributed by atoms with Crippen molar-refractivity contribution in [3.63, 3.8) is 0 Å². The molecule has 1 heterocycles. The van der Waals surface area contributed by atoms with Crippen molar-refractivity contribution in [3.8, 4) is 0 Å². The second-order valence-electron chi connectivity index (χ2n) is 6.25. The number of nitrogens with one attached hydrogen (secondary N) is 1. The van der Waals surface area contributed by atoms with Crippen LogP contribution in [0.15, 0.2) is 46.9 Å². The smallest absolute Gasteiger partial charge is 0.227 e. The molecule has 3 rings (SSSR count). The van der Waals surface area contributed by atoms with Crippen LogP contribution in [0.4, 0.5) is 10.1 Å². The molecule has 1 aliphatic rings. The Bertz CT molecular complexity index is 725. The van der Waals surface area contributed by atoms with Crippen LogP contribution in [0.2, 0.25) is 5.02 Å². The lowest BCUT2D eigenvalue weighted by molar-refractivity contribution is -0.121. The van der Waals surface area contributed by atoms with Crippen molar-refractivity contribution in [2.75, 3.05) is 18.4 Å². The standard InChI is InChI=1S/C19H19BrClFN2O/c20-14-4-6-15(7-5-14)23-19(25)13-8-10-24(11-9-13)12-16-17(21)2-1-3-18(16)22/h1-7,13H,8-12H2,(H,23,25). The third-order valence-electron chi connectivity index (χ3n) is 4.51. The summed E-state index contributed by atoms with van der Waals surface area (Å²) in [6.07, 6.45) is 1.52. The first-order chi connectivity index (χ1) is 12.0. The lowest BCUT2D eigenvalue weighted by Gasteiger charge is -2.31. The number of piperidine rings is 1. The van der Waals surface area contributed by atoms with Crippen molar-refractivity contribution in [3.05, 3.63) is 63.3 Å². The predicted octanol–water partition coefficient (Wildman–Crippen LogP) is 5.09. The minimum absolute atomic E-state index is 0.0176. The lowest BCUT2D eigenvalue weighted by Crippen LogP contribution is -2.38. The van der Waals surface area contributed by atoms with Crippen molar-refractivity contribution in [2.45, 2.75) is 19.4 Å². The number of halogens is 3. The topological polar surface area (TPSA) is 32.3 Å². The maximum Gasteiger partial charge on any atom is 0.227 e. The van der Waals surface area contributed by atoms with Crippen molar-refractivity contribution in [2.24, 2.45) is 5.92 Å². The van der Waals surface area contributed by atoms with Crippen molar-refractivity contribution >= 4 is 39.1 Å². The van der Waals surface area contributed by atoms with Crippen molar-refractivity contribution < 1.29 is 9.18 Å². The molecule has 2 aromatic rings. The molecule has 132 valence electrons. The third-order valence-corrected chi connectivity index (χ3v) is 5.40. The molecule has 3 nitrogen and oxygen atoms in total. The largest absolute Gasteiger partial charge is 0.326 e. The van der Waals surface area contributed by atoms with E-state index in [0.717, 1.165) is 36.1 Å². The van der Waals surface area contributed by atoms with Crippen LogP contribution in [0, 0.1) is 11.7 Å². The Hall–Kier alpha value is -1.43. The predicted molar refractivity (Wildman–Crippen MR) is 102 cm³/mol. The Morgan fingerprint density at radius 1 is 1.20 bits per heavy atom. The van der Waals surface area contributed by atoms with Crippen LogP contribution in [-0.2, 0) is 11.3 Å². The molecular weight excluding hydrogens is 407 g/mol. The fourth-order valence-electron chi connectivity index (χ4n) is 3.04. The van der Waals surface area contributed by atoms with Crippen LogP contribution in [0.3, 0.4) is 0 Å². The van der Waals surface area contributed by atoms with Gasteiger partial charge in [0.25, 0.3) is 0 Å². The zero-order chi connectivity index (χ0) is 17.8. The molecule has 0 unspecified atom stereocenters. The van der Waals surface area contributed by atoms with E-state index in [1.54, 1.807) is 12.1 Å². The van der Waals surface area contributed by atoms with E-state index in [1.165, 1.54) is 6.07 Å². The first kappa shape index (κ1) is 18.4. The monoisotopic (exact) mass is 424 g/mol. The minimum Gasteiger partial charge on any atom is -0.326 e. The zero-order valence-electron chi connectivity index (χ0n) is 13.6. The molecule has 0 spiro atoms. The highest BCUT2D eigenvalue weighted by Gasteiger charge is 2.25. The van der Waals surface area contributed by atoms with Gasteiger partial charge >= 0.3 is 0 Å². The summed E-state index contributed by atoms with van der Waals surface area (Å²) in [5.74, 6) is -0.246. The summed E-state index contributed by atoms with van der Waals surface area (Å²) in [7, 11) is 0. The Kier molecular flexibility index (Phi) is 6.10. The molecule has 2 aromatic carbocycles. The highest BCUT2D eigenvalue weighted by atomic mass is 79.9. The summed E-state index contributed by atoms with van der Waals surface area (Å²) in [6, 6.07) is 12.3. The van der Waals surface area contributed by atoms with Crippen LogP contribution in [-0.4, -0.2) is 23.9 Å². The number of rotatable bonds is 4. The fraction of sp³-hybridized carbons (Fsp3) is 0.316. The van der Waals surface area contributed by atoms with Gasteiger partial charge in [-0.05, 0) is 62.3 Å². The molecule has 0 radical (unpaired) electrons. The highest BCUT2D eigenvalue weighted by molar-refractivity contribution is 9.10. The number of hydrogen-bond acceptors (Lipinski definition) is 2. The normalized spacial score (nSPS) is 16.0. The first-order valence-corrected chi connectivity index (χ1v) is 9.41. The van der Waals surface area contributed by atoms with E-state index in [4.69, 9.17) is 11.6 Å². The first-order valence-electron chi connectivity index (χ1n) is 8.24. The number of carbonyl (C=O) groups excluding carboxylic acids is 1. The minimum atomic E-state index is -0.275. The summed E-state index contributed by atoms with van der Waals surface area (Å²) in [5.41, 5.74) is 1.33. The van der Waals surface area contributed by atoms with E-state index in [0.29, 0.717) is 17.1 Å². The second kappa shape index (κ2) is 8.30. The number of hydrogen-bond donors (Lipinski definition) is 1. The van der Waals surface area contributed by atoms with E-state index >= 15 is 0 Å². The summed E-state index contributed by atoms with van der Waals surface area (Å²) in [4.78, 5) is 14.5. The molecule has 1 aliphatic heterocycles. The third kappa shape index (κ3) is 4.81. The van der Waals surface area contributed by atoms with Gasteiger partial charge in [-0.3, -0.25) is 9.69 Å². The second-order valence-corrected chi connectivity index (χ2v) is 7.57. The van der Waals surface area contributed by atoms with E-state index in [1.807, 2.05) is 24.3 Å². The van der Waals surface area contributed by atoms with E-state index in [9.17, 15) is 9.18 Å². The number of carbonyl (C=O) groups is 1. The molecule has 25 heavy (non-hydrogen) atoms. The molecule has 0 saturated carbocycles. The van der Waals surface area contributed by atoms with Gasteiger partial charge < -0.3 is 5.32 Å². The Labute approximate surface area is 160 Å². The van der Waals surface area contributed by atoms with Gasteiger partial charge in [-0.25, -0.2) is 4.39 Å². The molecule has 0 atom stereocenters. The Morgan fingerprint density at radius 3 is 2.52 bits per heavy atom. The van der Waals surface area contributed by atoms with Gasteiger partial charge in [-0.1, -0.05) is 33.6 Å². The number of nitrogens with zero attached hydrogens (tertiary/aromatic N) is 1. The zero-order valence-corrected chi connectivity index (χ0v) is 16.0. The maximum atomic E-state index is 13.9. The number of amides is 1. The van der Waals surface area contributed by atoms with E-state index in [2.05, 4.69) is 26.1 Å². The SMILES string of the molecule is O=C(Nc1ccc(Br)cc1)C1CCN(Cc2c(F)cccc2Cl)CC1. The molecule has 0 bridgehead atoms. The average molecular weight is 426 g/mol. The van der Waals surface area contributed by atoms with E-state index in [-0.39, 0.29) is 17.6 Å². The Balaban J connectivity index is 1.53. The van der Waals surface area contributed by atoms with Crippen LogP contribution >= 0.6 is 27.5 Å². The summed E-state index contributed by atoms with van der Waals surface area (Å²) < 4.78 is 14.9. The van der Waals surface area contributed by atoms with Gasteiger partial charge in [0.1, 0.15) is 5.82 Å². The van der Waals surface area contributed by atoms with E-state index < -0.39 is 0 Å². The van der Waals surface area contributed by atoms with Crippen LogP contribution < -0.4 is 5.32 Å². The quantitative estimate of drug-likeness (QED) is 0.740. The molecular formula is C19H19BrClFN2O. The molecule has 1 saturated heterocycles. The fourth-order valence-corrected chi connectivity index (χ4v) is 3.52. The van der Waals surface area contributed by atoms with Crippen molar-refractivity contribution in [1.29, 1.82) is 0 Å². The van der Waals surface area contributed by atoms with Gasteiger partial charge in [0.2, 0.25) is 5.91 Å². The molecule has 1 N–H and O–H groups in total. The molecule has 0 aromatic heterocycles. The number of likely N-dealkylation sites (tertiary alicyclic amines) is 1. The van der Waals surface area contributed by atoms with Crippen molar-refractivity contribution in [1.82, 2.24) is 4.90 Å². The lowest BCUT2D eigenvalue weighted by atomic mass is 9.95. The van der Waals surface area contributed by atoms with Gasteiger partial charge in [-0.2, -0.15) is 0 Å². The highest BCUT2D eigenvalue weighted by Crippen LogP contribution is 2.25. The van der Waals surface area contributed by atoms with Crippen LogP contribution in [0.1, 0.15) is 18.4 Å². The van der Waals surface area contributed by atoms with Gasteiger partial charge in [-0.15, -0.1) is 0 Å². The summed E-state index contributed by atoms with van der Waals surface area (Å²) >= 11 is 9.47. The summed E-state index contributed by atoms with van der Waals surface area (Å²) in [5, 5.41) is 3.42. The van der Waals surface area contributed by atoms with Crippen LogP contribution in [0.5, 0.6) is 0 Å². The van der Waals surface area contributed by atoms with Gasteiger partial charge in [0.15, 0.2) is 0 Å². The number of benzene rings is 2. The molecule has 0 aliphatic carbocycles. The molecule has 1 amide bonds. The van der Waals surface area contributed by atoms with Crippen LogP contribution in [0.25, 0.3) is 0 Å². The average Bonchev–Trinajstić information content (AvgIpc) is 2.61.